The fourth-order valence-corrected chi connectivity index (χ4v) is 9.05. The lowest BCUT2D eigenvalue weighted by atomic mass is 9.43. The van der Waals surface area contributed by atoms with Gasteiger partial charge in [0.15, 0.2) is 0 Å². The van der Waals surface area contributed by atoms with Gasteiger partial charge in [-0.2, -0.15) is 0 Å². The highest BCUT2D eigenvalue weighted by Gasteiger charge is 2.63. The Hall–Kier alpha value is -0.0400. The Labute approximate surface area is 170 Å². The average molecular weight is 377 g/mol. The number of rotatable bonds is 3. The predicted molar refractivity (Wildman–Crippen MR) is 117 cm³/mol. The first-order chi connectivity index (χ1) is 12.3. The summed E-state index contributed by atoms with van der Waals surface area (Å²) in [7, 11) is 0. The molecule has 4 aliphatic rings. The molecule has 4 rings (SSSR count). The van der Waals surface area contributed by atoms with E-state index in [4.69, 9.17) is 0 Å². The van der Waals surface area contributed by atoms with Crippen LogP contribution in [-0.2, 0) is 0 Å². The molecule has 0 spiro atoms. The van der Waals surface area contributed by atoms with Crippen molar-refractivity contribution in [3.63, 3.8) is 0 Å². The summed E-state index contributed by atoms with van der Waals surface area (Å²) in [5.74, 6) is 5.87. The Morgan fingerprint density at radius 2 is 1.74 bits per heavy atom. The van der Waals surface area contributed by atoms with Gasteiger partial charge < -0.3 is 5.11 Å². The van der Waals surface area contributed by atoms with Gasteiger partial charge in [-0.25, -0.2) is 0 Å². The maximum atomic E-state index is 11.5. The molecule has 1 unspecified atom stereocenters. The van der Waals surface area contributed by atoms with Crippen LogP contribution in [0.3, 0.4) is 0 Å². The van der Waals surface area contributed by atoms with Crippen molar-refractivity contribution in [3.05, 3.63) is 0 Å². The molecule has 0 amide bonds. The van der Waals surface area contributed by atoms with Gasteiger partial charge >= 0.3 is 0 Å². The molecule has 4 saturated carbocycles. The number of hydrogen-bond donors (Lipinski definition) is 1. The second-order valence-corrected chi connectivity index (χ2v) is 11.6. The zero-order valence-electron chi connectivity index (χ0n) is 18.1. The Morgan fingerprint density at radius 1 is 1.00 bits per heavy atom. The van der Waals surface area contributed by atoms with E-state index in [1.54, 1.807) is 0 Å². The van der Waals surface area contributed by atoms with E-state index in [-0.39, 0.29) is 18.9 Å². The van der Waals surface area contributed by atoms with Crippen LogP contribution in [0.15, 0.2) is 0 Å². The molecule has 0 aromatic heterocycles. The van der Waals surface area contributed by atoms with Crippen molar-refractivity contribution in [1.29, 1.82) is 0 Å². The van der Waals surface area contributed by atoms with Crippen LogP contribution in [0.5, 0.6) is 0 Å². The van der Waals surface area contributed by atoms with Crippen molar-refractivity contribution >= 4 is 0 Å². The number of hydrogen-bond acceptors (Lipinski definition) is 1. The first kappa shape index (κ1) is 21.7. The SMILES string of the molecule is C.CCC[C@@H](C)[C@H]1CC[C@H]2[C@@H]3CC[C@@H]4C[C@H](C)CC[C@]4(C)[C@H]3CC(O)[C@]12C. The van der Waals surface area contributed by atoms with E-state index in [0.717, 1.165) is 47.8 Å². The maximum Gasteiger partial charge on any atom is 0.0602 e. The second kappa shape index (κ2) is 7.66. The Balaban J connectivity index is 0.00000210. The molecule has 0 radical (unpaired) electrons. The highest BCUT2D eigenvalue weighted by atomic mass is 16.3. The van der Waals surface area contributed by atoms with Gasteiger partial charge in [-0.05, 0) is 97.2 Å². The fraction of sp³-hybridized carbons (Fsp3) is 1.00. The van der Waals surface area contributed by atoms with E-state index in [0.29, 0.717) is 5.41 Å². The molecule has 0 aliphatic heterocycles. The van der Waals surface area contributed by atoms with E-state index >= 15 is 0 Å². The molecular weight excluding hydrogens is 328 g/mol. The lowest BCUT2D eigenvalue weighted by molar-refractivity contribution is -0.171. The zero-order valence-corrected chi connectivity index (χ0v) is 18.1. The lowest BCUT2D eigenvalue weighted by Crippen LogP contribution is -2.58. The number of fused-ring (bicyclic) bond motifs is 5. The molecule has 10 atom stereocenters. The Bertz CT molecular complexity index is 514. The fourth-order valence-electron chi connectivity index (χ4n) is 9.05. The minimum absolute atomic E-state index is 0. The first-order valence-corrected chi connectivity index (χ1v) is 12.0. The molecule has 4 aliphatic carbocycles. The van der Waals surface area contributed by atoms with Crippen LogP contribution in [-0.4, -0.2) is 11.2 Å². The van der Waals surface area contributed by atoms with Crippen molar-refractivity contribution in [2.45, 2.75) is 112 Å². The molecule has 0 aromatic rings. The average Bonchev–Trinajstić information content (AvgIpc) is 2.96. The van der Waals surface area contributed by atoms with E-state index in [1.165, 1.54) is 57.8 Å². The molecule has 0 heterocycles. The normalized spacial score (nSPS) is 52.9. The van der Waals surface area contributed by atoms with Gasteiger partial charge in [-0.1, -0.05) is 61.3 Å². The van der Waals surface area contributed by atoms with Gasteiger partial charge in [0.2, 0.25) is 0 Å². The molecular formula is C26H48O. The molecule has 0 saturated heterocycles. The minimum Gasteiger partial charge on any atom is -0.393 e. The monoisotopic (exact) mass is 376 g/mol. The van der Waals surface area contributed by atoms with Gasteiger partial charge in [-0.3, -0.25) is 0 Å². The van der Waals surface area contributed by atoms with Gasteiger partial charge in [0, 0.05) is 0 Å². The molecule has 27 heavy (non-hydrogen) atoms. The van der Waals surface area contributed by atoms with Crippen LogP contribution in [0.1, 0.15) is 106 Å². The van der Waals surface area contributed by atoms with Crippen molar-refractivity contribution < 1.29 is 5.11 Å². The summed E-state index contributed by atoms with van der Waals surface area (Å²) < 4.78 is 0. The third kappa shape index (κ3) is 3.13. The Morgan fingerprint density at radius 3 is 2.44 bits per heavy atom. The Kier molecular flexibility index (Phi) is 6.14. The standard InChI is InChI=1S/C25H44O.CH4/c1-6-7-17(3)20-10-11-21-19-9-8-18-14-16(2)12-13-24(18,4)22(19)15-23(26)25(20,21)5;/h16-23,26H,6-15H2,1-5H3;1H4/t16-,17-,18-,19+,20-,21+,22+,23?,24+,25-;/m1./s1. The van der Waals surface area contributed by atoms with Crippen LogP contribution in [0.2, 0.25) is 0 Å². The highest BCUT2D eigenvalue weighted by Crippen LogP contribution is 2.68. The van der Waals surface area contributed by atoms with Gasteiger partial charge in [0.05, 0.1) is 6.10 Å². The summed E-state index contributed by atoms with van der Waals surface area (Å²) in [6.07, 6.45) is 13.7. The summed E-state index contributed by atoms with van der Waals surface area (Å²) in [6, 6.07) is 0. The third-order valence-corrected chi connectivity index (χ3v) is 10.5. The van der Waals surface area contributed by atoms with Gasteiger partial charge in [0.1, 0.15) is 0 Å². The van der Waals surface area contributed by atoms with Crippen molar-refractivity contribution in [1.82, 2.24) is 0 Å². The van der Waals surface area contributed by atoms with Crippen LogP contribution < -0.4 is 0 Å². The van der Waals surface area contributed by atoms with Crippen LogP contribution in [0.25, 0.3) is 0 Å². The van der Waals surface area contributed by atoms with Gasteiger partial charge in [0.25, 0.3) is 0 Å². The molecule has 1 heteroatoms. The molecule has 4 fully saturated rings. The zero-order chi connectivity index (χ0) is 18.7. The minimum atomic E-state index is -0.0597. The summed E-state index contributed by atoms with van der Waals surface area (Å²) >= 11 is 0. The second-order valence-electron chi connectivity index (χ2n) is 11.6. The third-order valence-electron chi connectivity index (χ3n) is 10.5. The van der Waals surface area contributed by atoms with Gasteiger partial charge in [-0.15, -0.1) is 0 Å². The smallest absolute Gasteiger partial charge is 0.0602 e. The molecule has 0 aromatic carbocycles. The van der Waals surface area contributed by atoms with Crippen LogP contribution in [0, 0.1) is 52.3 Å². The molecule has 1 nitrogen and oxygen atoms in total. The van der Waals surface area contributed by atoms with Crippen molar-refractivity contribution in [3.8, 4) is 0 Å². The number of aliphatic hydroxyl groups is 1. The topological polar surface area (TPSA) is 20.2 Å². The van der Waals surface area contributed by atoms with E-state index in [1.807, 2.05) is 0 Å². The van der Waals surface area contributed by atoms with Crippen LogP contribution >= 0.6 is 0 Å². The highest BCUT2D eigenvalue weighted by molar-refractivity contribution is 5.12. The summed E-state index contributed by atoms with van der Waals surface area (Å²) in [4.78, 5) is 0. The van der Waals surface area contributed by atoms with E-state index in [9.17, 15) is 5.11 Å². The maximum absolute atomic E-state index is 11.5. The summed E-state index contributed by atoms with van der Waals surface area (Å²) in [5.41, 5.74) is 0.714. The van der Waals surface area contributed by atoms with Crippen molar-refractivity contribution in [2.24, 2.45) is 52.3 Å². The summed E-state index contributed by atoms with van der Waals surface area (Å²) in [6.45, 7) is 12.4. The van der Waals surface area contributed by atoms with Crippen molar-refractivity contribution in [2.75, 3.05) is 0 Å². The first-order valence-electron chi connectivity index (χ1n) is 12.0. The van der Waals surface area contributed by atoms with E-state index < -0.39 is 0 Å². The van der Waals surface area contributed by atoms with E-state index in [2.05, 4.69) is 34.6 Å². The largest absolute Gasteiger partial charge is 0.393 e. The molecule has 158 valence electrons. The van der Waals surface area contributed by atoms with Crippen LogP contribution in [0.4, 0.5) is 0 Å². The molecule has 0 bridgehead atoms. The lowest BCUT2D eigenvalue weighted by Gasteiger charge is -2.62. The quantitative estimate of drug-likeness (QED) is 0.547. The summed E-state index contributed by atoms with van der Waals surface area (Å²) in [5, 5.41) is 11.5. The predicted octanol–water partition coefficient (Wildman–Crippen LogP) is 7.32. The molecule has 1 N–H and O–H groups in total. The number of aliphatic hydroxyl groups excluding tert-OH is 1.